The molecule has 1 atom stereocenters. The van der Waals surface area contributed by atoms with Crippen LogP contribution in [0.2, 0.25) is 0 Å². The van der Waals surface area contributed by atoms with Gasteiger partial charge in [0, 0.05) is 11.8 Å². The standard InChI is InChI=1S/C12H16N4O2/c1-4-9(12(17)18-5-2)11-15-14-10-6-8(3)13-7-16(10)11/h6-7,9H,4-5H2,1-3H3. The molecule has 0 N–H and O–H groups in total. The predicted molar refractivity (Wildman–Crippen MR) is 65.2 cm³/mol. The number of carbonyl (C=O) groups excluding carboxylic acids is 1. The summed E-state index contributed by atoms with van der Waals surface area (Å²) in [5.74, 6) is -0.0854. The van der Waals surface area contributed by atoms with Crippen molar-refractivity contribution in [1.82, 2.24) is 19.6 Å². The lowest BCUT2D eigenvalue weighted by molar-refractivity contribution is -0.145. The molecule has 18 heavy (non-hydrogen) atoms. The maximum absolute atomic E-state index is 11.9. The number of esters is 1. The number of hydrogen-bond donors (Lipinski definition) is 0. The SMILES string of the molecule is CCOC(=O)C(CC)c1nnc2cc(C)ncn12. The summed E-state index contributed by atoms with van der Waals surface area (Å²) >= 11 is 0. The van der Waals surface area contributed by atoms with E-state index in [1.54, 1.807) is 17.7 Å². The molecule has 2 aromatic rings. The summed E-state index contributed by atoms with van der Waals surface area (Å²) in [5, 5.41) is 8.14. The van der Waals surface area contributed by atoms with Crippen LogP contribution in [0.25, 0.3) is 5.65 Å². The summed E-state index contributed by atoms with van der Waals surface area (Å²) < 4.78 is 6.79. The Kier molecular flexibility index (Phi) is 3.55. The van der Waals surface area contributed by atoms with Gasteiger partial charge in [-0.15, -0.1) is 10.2 Å². The third-order valence-corrected chi connectivity index (χ3v) is 2.75. The van der Waals surface area contributed by atoms with Crippen LogP contribution in [0.4, 0.5) is 0 Å². The fourth-order valence-electron chi connectivity index (χ4n) is 1.84. The van der Waals surface area contributed by atoms with Gasteiger partial charge in [-0.25, -0.2) is 4.98 Å². The van der Waals surface area contributed by atoms with Crippen molar-refractivity contribution in [3.05, 3.63) is 23.9 Å². The Balaban J connectivity index is 2.42. The molecule has 6 heteroatoms. The fourth-order valence-corrected chi connectivity index (χ4v) is 1.84. The van der Waals surface area contributed by atoms with Crippen molar-refractivity contribution in [2.45, 2.75) is 33.1 Å². The van der Waals surface area contributed by atoms with Crippen LogP contribution in [-0.4, -0.2) is 32.2 Å². The molecule has 1 unspecified atom stereocenters. The third kappa shape index (κ3) is 2.18. The molecule has 0 aliphatic heterocycles. The molecule has 0 aliphatic carbocycles. The van der Waals surface area contributed by atoms with E-state index >= 15 is 0 Å². The minimum absolute atomic E-state index is 0.269. The van der Waals surface area contributed by atoms with Gasteiger partial charge in [0.15, 0.2) is 11.5 Å². The second-order valence-corrected chi connectivity index (χ2v) is 4.03. The van der Waals surface area contributed by atoms with Crippen molar-refractivity contribution in [2.75, 3.05) is 6.61 Å². The second-order valence-electron chi connectivity index (χ2n) is 4.03. The van der Waals surface area contributed by atoms with Crippen LogP contribution in [0, 0.1) is 6.92 Å². The Bertz CT molecular complexity index is 564. The van der Waals surface area contributed by atoms with Crippen LogP contribution in [0.1, 0.15) is 37.7 Å². The maximum atomic E-state index is 11.9. The number of carbonyl (C=O) groups is 1. The molecule has 0 saturated heterocycles. The van der Waals surface area contributed by atoms with Crippen molar-refractivity contribution in [3.63, 3.8) is 0 Å². The van der Waals surface area contributed by atoms with Gasteiger partial charge in [0.1, 0.15) is 12.2 Å². The van der Waals surface area contributed by atoms with Crippen LogP contribution < -0.4 is 0 Å². The van der Waals surface area contributed by atoms with Gasteiger partial charge in [-0.3, -0.25) is 9.20 Å². The van der Waals surface area contributed by atoms with E-state index in [1.807, 2.05) is 19.9 Å². The molecule has 0 aliphatic rings. The number of fused-ring (bicyclic) bond motifs is 1. The van der Waals surface area contributed by atoms with Gasteiger partial charge in [0.2, 0.25) is 0 Å². The topological polar surface area (TPSA) is 69.4 Å². The lowest BCUT2D eigenvalue weighted by Crippen LogP contribution is -2.18. The summed E-state index contributed by atoms with van der Waals surface area (Å²) in [6.45, 7) is 5.96. The molecule has 0 fully saturated rings. The summed E-state index contributed by atoms with van der Waals surface area (Å²) in [7, 11) is 0. The normalized spacial score (nSPS) is 12.6. The smallest absolute Gasteiger partial charge is 0.316 e. The summed E-state index contributed by atoms with van der Waals surface area (Å²) in [6, 6.07) is 1.83. The first kappa shape index (κ1) is 12.5. The van der Waals surface area contributed by atoms with Gasteiger partial charge < -0.3 is 4.74 Å². The van der Waals surface area contributed by atoms with Crippen molar-refractivity contribution >= 4 is 11.6 Å². The predicted octanol–water partition coefficient (Wildman–Crippen LogP) is 1.49. The highest BCUT2D eigenvalue weighted by Crippen LogP contribution is 2.20. The zero-order valence-electron chi connectivity index (χ0n) is 10.8. The average molecular weight is 248 g/mol. The Hall–Kier alpha value is -1.98. The van der Waals surface area contributed by atoms with E-state index in [0.29, 0.717) is 24.5 Å². The summed E-state index contributed by atoms with van der Waals surface area (Å²) in [5.41, 5.74) is 1.56. The lowest BCUT2D eigenvalue weighted by Gasteiger charge is -2.11. The molecule has 6 nitrogen and oxygen atoms in total. The van der Waals surface area contributed by atoms with Gasteiger partial charge >= 0.3 is 5.97 Å². The average Bonchev–Trinajstić information content (AvgIpc) is 2.73. The molecular weight excluding hydrogens is 232 g/mol. The van der Waals surface area contributed by atoms with Crippen molar-refractivity contribution in [2.24, 2.45) is 0 Å². The number of rotatable bonds is 4. The van der Waals surface area contributed by atoms with Crippen molar-refractivity contribution in [3.8, 4) is 0 Å². The van der Waals surface area contributed by atoms with Gasteiger partial charge in [0.05, 0.1) is 6.61 Å². The van der Waals surface area contributed by atoms with E-state index in [1.165, 1.54) is 0 Å². The molecule has 96 valence electrons. The number of aromatic nitrogens is 4. The Morgan fingerprint density at radius 3 is 2.89 bits per heavy atom. The van der Waals surface area contributed by atoms with Crippen molar-refractivity contribution < 1.29 is 9.53 Å². The maximum Gasteiger partial charge on any atom is 0.316 e. The van der Waals surface area contributed by atoms with Gasteiger partial charge in [-0.1, -0.05) is 6.92 Å². The van der Waals surface area contributed by atoms with E-state index in [4.69, 9.17) is 4.74 Å². The highest BCUT2D eigenvalue weighted by atomic mass is 16.5. The van der Waals surface area contributed by atoms with Crippen LogP contribution >= 0.6 is 0 Å². The number of hydrogen-bond acceptors (Lipinski definition) is 5. The van der Waals surface area contributed by atoms with E-state index in [0.717, 1.165) is 5.69 Å². The Morgan fingerprint density at radius 2 is 2.22 bits per heavy atom. The largest absolute Gasteiger partial charge is 0.465 e. The van der Waals surface area contributed by atoms with Crippen LogP contribution in [0.5, 0.6) is 0 Å². The summed E-state index contributed by atoms with van der Waals surface area (Å²) in [6.07, 6.45) is 2.26. The minimum atomic E-state index is -0.399. The molecule has 2 aromatic heterocycles. The third-order valence-electron chi connectivity index (χ3n) is 2.75. The van der Waals surface area contributed by atoms with Crippen LogP contribution in [-0.2, 0) is 9.53 Å². The number of nitrogens with zero attached hydrogens (tertiary/aromatic N) is 4. The van der Waals surface area contributed by atoms with E-state index in [2.05, 4.69) is 15.2 Å². The molecule has 0 amide bonds. The first-order chi connectivity index (χ1) is 8.67. The monoisotopic (exact) mass is 248 g/mol. The van der Waals surface area contributed by atoms with Crippen molar-refractivity contribution in [1.29, 1.82) is 0 Å². The molecule has 0 aromatic carbocycles. The van der Waals surface area contributed by atoms with Gasteiger partial charge in [-0.2, -0.15) is 0 Å². The number of ether oxygens (including phenoxy) is 1. The Labute approximate surface area is 105 Å². The first-order valence-corrected chi connectivity index (χ1v) is 6.01. The zero-order valence-corrected chi connectivity index (χ0v) is 10.8. The summed E-state index contributed by atoms with van der Waals surface area (Å²) in [4.78, 5) is 16.1. The fraction of sp³-hybridized carbons (Fsp3) is 0.500. The van der Waals surface area contributed by atoms with Gasteiger partial charge in [0.25, 0.3) is 0 Å². The number of aryl methyl sites for hydroxylation is 1. The highest BCUT2D eigenvalue weighted by molar-refractivity contribution is 5.77. The molecule has 0 spiro atoms. The first-order valence-electron chi connectivity index (χ1n) is 6.01. The molecule has 2 heterocycles. The second kappa shape index (κ2) is 5.12. The van der Waals surface area contributed by atoms with E-state index < -0.39 is 5.92 Å². The lowest BCUT2D eigenvalue weighted by atomic mass is 10.1. The molecule has 0 bridgehead atoms. The molecule has 0 saturated carbocycles. The minimum Gasteiger partial charge on any atom is -0.465 e. The quantitative estimate of drug-likeness (QED) is 0.767. The van der Waals surface area contributed by atoms with E-state index in [-0.39, 0.29) is 5.97 Å². The van der Waals surface area contributed by atoms with Gasteiger partial charge in [-0.05, 0) is 20.3 Å². The molecule has 2 rings (SSSR count). The molecular formula is C12H16N4O2. The molecule has 0 radical (unpaired) electrons. The zero-order chi connectivity index (χ0) is 13.1. The van der Waals surface area contributed by atoms with Crippen LogP contribution in [0.3, 0.4) is 0 Å². The highest BCUT2D eigenvalue weighted by Gasteiger charge is 2.25. The van der Waals surface area contributed by atoms with E-state index in [9.17, 15) is 4.79 Å². The van der Waals surface area contributed by atoms with Crippen LogP contribution in [0.15, 0.2) is 12.4 Å². The Morgan fingerprint density at radius 1 is 1.44 bits per heavy atom.